The van der Waals surface area contributed by atoms with Gasteiger partial charge in [0.05, 0.1) is 0 Å². The van der Waals surface area contributed by atoms with Crippen molar-refractivity contribution in [1.29, 1.82) is 0 Å². The zero-order valence-electron chi connectivity index (χ0n) is 15.9. The molecule has 0 aromatic heterocycles. The average molecular weight is 401 g/mol. The summed E-state index contributed by atoms with van der Waals surface area (Å²) in [6.07, 6.45) is -0.374. The van der Waals surface area contributed by atoms with Crippen molar-refractivity contribution < 1.29 is 19.1 Å². The maximum absolute atomic E-state index is 12.5. The van der Waals surface area contributed by atoms with Gasteiger partial charge in [0.1, 0.15) is 24.0 Å². The summed E-state index contributed by atoms with van der Waals surface area (Å²) in [6.45, 7) is 3.39. The Hall–Kier alpha value is -2.67. The Labute approximate surface area is 169 Å². The van der Waals surface area contributed by atoms with Crippen molar-refractivity contribution in [1.82, 2.24) is 5.32 Å². The topological polar surface area (TPSA) is 76.7 Å². The molecule has 0 spiro atoms. The molecular formula is C21H24N2O4S. The second-order valence-electron chi connectivity index (χ2n) is 7.07. The number of amides is 2. The van der Waals surface area contributed by atoms with Crippen molar-refractivity contribution in [3.63, 3.8) is 0 Å². The van der Waals surface area contributed by atoms with Crippen molar-refractivity contribution in [2.75, 3.05) is 16.8 Å². The maximum Gasteiger partial charge on any atom is 0.408 e. The largest absolute Gasteiger partial charge is 0.489 e. The molecule has 1 heterocycles. The molecule has 0 atom stereocenters. The average Bonchev–Trinajstić information content (AvgIpc) is 2.65. The van der Waals surface area contributed by atoms with Crippen LogP contribution >= 0.6 is 11.8 Å². The van der Waals surface area contributed by atoms with E-state index in [1.807, 2.05) is 54.2 Å². The number of benzene rings is 2. The Morgan fingerprint density at radius 3 is 2.36 bits per heavy atom. The van der Waals surface area contributed by atoms with Gasteiger partial charge >= 0.3 is 6.09 Å². The van der Waals surface area contributed by atoms with E-state index in [1.165, 1.54) is 0 Å². The van der Waals surface area contributed by atoms with Gasteiger partial charge in [-0.3, -0.25) is 4.79 Å². The Morgan fingerprint density at radius 2 is 1.75 bits per heavy atom. The van der Waals surface area contributed by atoms with Gasteiger partial charge in [-0.1, -0.05) is 30.3 Å². The lowest BCUT2D eigenvalue weighted by Gasteiger charge is -2.26. The monoisotopic (exact) mass is 400 g/mol. The highest BCUT2D eigenvalue weighted by Gasteiger charge is 2.30. The summed E-state index contributed by atoms with van der Waals surface area (Å²) in [6, 6.07) is 16.6. The van der Waals surface area contributed by atoms with Crippen molar-refractivity contribution in [3.8, 4) is 5.75 Å². The predicted molar refractivity (Wildman–Crippen MR) is 111 cm³/mol. The molecule has 2 aromatic carbocycles. The Bertz CT molecular complexity index is 805. The second kappa shape index (κ2) is 9.01. The van der Waals surface area contributed by atoms with Gasteiger partial charge in [0.2, 0.25) is 5.91 Å². The quantitative estimate of drug-likeness (QED) is 0.739. The number of hydrogen-bond donors (Lipinski definition) is 2. The third-order valence-corrected chi connectivity index (χ3v) is 5.43. The molecule has 1 aliphatic rings. The lowest BCUT2D eigenvalue weighted by Crippen LogP contribution is -2.52. The number of carbonyl (C=O) groups is 2. The molecule has 28 heavy (non-hydrogen) atoms. The van der Waals surface area contributed by atoms with E-state index in [9.17, 15) is 9.59 Å². The third kappa shape index (κ3) is 5.66. The first-order valence-corrected chi connectivity index (χ1v) is 10.2. The summed E-state index contributed by atoms with van der Waals surface area (Å²) in [5.74, 6) is 2.47. The Kier molecular flexibility index (Phi) is 6.46. The van der Waals surface area contributed by atoms with E-state index in [-0.39, 0.29) is 18.6 Å². The standard InChI is InChI=1S/C21H24N2O4S/c1-21(2,23-20(25)26-12-15-6-4-3-5-7-15)19(24)22-16-8-10-17(11-9-16)27-18-13-28-14-18/h3-11,18H,12-14H2,1-2H3,(H,22,24)(H,23,25). The zero-order valence-corrected chi connectivity index (χ0v) is 16.8. The minimum absolute atomic E-state index is 0.144. The summed E-state index contributed by atoms with van der Waals surface area (Å²) in [5, 5.41) is 5.40. The molecule has 1 aliphatic heterocycles. The number of hydrogen-bond acceptors (Lipinski definition) is 5. The van der Waals surface area contributed by atoms with Crippen LogP contribution < -0.4 is 15.4 Å². The number of alkyl carbamates (subject to hydrolysis) is 1. The van der Waals surface area contributed by atoms with Crippen LogP contribution in [0, 0.1) is 0 Å². The first-order valence-electron chi connectivity index (χ1n) is 9.07. The fourth-order valence-electron chi connectivity index (χ4n) is 2.45. The number of rotatable bonds is 7. The summed E-state index contributed by atoms with van der Waals surface area (Å²) in [4.78, 5) is 24.6. The molecule has 0 radical (unpaired) electrons. The van der Waals surface area contributed by atoms with Crippen LogP contribution in [0.5, 0.6) is 5.75 Å². The molecular weight excluding hydrogens is 376 g/mol. The normalized spacial score (nSPS) is 13.9. The van der Waals surface area contributed by atoms with E-state index in [0.29, 0.717) is 5.69 Å². The van der Waals surface area contributed by atoms with Crippen LogP contribution in [0.1, 0.15) is 19.4 Å². The minimum Gasteiger partial charge on any atom is -0.489 e. The molecule has 6 nitrogen and oxygen atoms in total. The van der Waals surface area contributed by atoms with E-state index in [1.54, 1.807) is 26.0 Å². The minimum atomic E-state index is -1.13. The lowest BCUT2D eigenvalue weighted by atomic mass is 10.0. The highest BCUT2D eigenvalue weighted by atomic mass is 32.2. The highest BCUT2D eigenvalue weighted by Crippen LogP contribution is 2.25. The lowest BCUT2D eigenvalue weighted by molar-refractivity contribution is -0.121. The van der Waals surface area contributed by atoms with Crippen molar-refractivity contribution in [3.05, 3.63) is 60.2 Å². The summed E-state index contributed by atoms with van der Waals surface area (Å²) in [7, 11) is 0. The summed E-state index contributed by atoms with van der Waals surface area (Å²) >= 11 is 1.86. The van der Waals surface area contributed by atoms with Crippen LogP contribution in [0.3, 0.4) is 0 Å². The fourth-order valence-corrected chi connectivity index (χ4v) is 3.01. The van der Waals surface area contributed by atoms with Crippen LogP contribution in [0.25, 0.3) is 0 Å². The van der Waals surface area contributed by atoms with E-state index < -0.39 is 11.6 Å². The number of thioether (sulfide) groups is 1. The number of nitrogens with one attached hydrogen (secondary N) is 2. The molecule has 1 fully saturated rings. The van der Waals surface area contributed by atoms with Crippen LogP contribution in [-0.4, -0.2) is 35.1 Å². The van der Waals surface area contributed by atoms with Gasteiger partial charge < -0.3 is 20.1 Å². The maximum atomic E-state index is 12.5. The molecule has 0 saturated carbocycles. The number of anilines is 1. The van der Waals surface area contributed by atoms with Gasteiger partial charge in [-0.15, -0.1) is 0 Å². The van der Waals surface area contributed by atoms with Crippen LogP contribution in [-0.2, 0) is 16.1 Å². The molecule has 148 valence electrons. The molecule has 1 saturated heterocycles. The molecule has 2 N–H and O–H groups in total. The second-order valence-corrected chi connectivity index (χ2v) is 8.14. The zero-order chi connectivity index (χ0) is 20.0. The highest BCUT2D eigenvalue weighted by molar-refractivity contribution is 8.00. The first-order chi connectivity index (χ1) is 13.4. The van der Waals surface area contributed by atoms with E-state index in [4.69, 9.17) is 9.47 Å². The summed E-state index contributed by atoms with van der Waals surface area (Å²) in [5.41, 5.74) is 0.377. The van der Waals surface area contributed by atoms with Gasteiger partial charge in [-0.25, -0.2) is 4.79 Å². The Balaban J connectivity index is 1.48. The molecule has 2 aromatic rings. The Morgan fingerprint density at radius 1 is 1.07 bits per heavy atom. The SMILES string of the molecule is CC(C)(NC(=O)OCc1ccccc1)C(=O)Nc1ccc(OC2CSC2)cc1. The van der Waals surface area contributed by atoms with Crippen LogP contribution in [0.2, 0.25) is 0 Å². The first kappa shape index (κ1) is 20.1. The molecule has 0 aliphatic carbocycles. The smallest absolute Gasteiger partial charge is 0.408 e. The van der Waals surface area contributed by atoms with Gasteiger partial charge in [-0.2, -0.15) is 11.8 Å². The third-order valence-electron chi connectivity index (χ3n) is 4.22. The molecule has 7 heteroatoms. The molecule has 2 amide bonds. The van der Waals surface area contributed by atoms with E-state index in [2.05, 4.69) is 10.6 Å². The van der Waals surface area contributed by atoms with Gasteiger partial charge in [-0.05, 0) is 43.7 Å². The van der Waals surface area contributed by atoms with E-state index >= 15 is 0 Å². The van der Waals surface area contributed by atoms with Crippen molar-refractivity contribution >= 4 is 29.4 Å². The summed E-state index contributed by atoms with van der Waals surface area (Å²) < 4.78 is 11.0. The van der Waals surface area contributed by atoms with Crippen molar-refractivity contribution in [2.24, 2.45) is 0 Å². The molecule has 3 rings (SSSR count). The van der Waals surface area contributed by atoms with Crippen LogP contribution in [0.4, 0.5) is 10.5 Å². The van der Waals surface area contributed by atoms with Gasteiger partial charge in [0, 0.05) is 17.2 Å². The predicted octanol–water partition coefficient (Wildman–Crippen LogP) is 3.82. The molecule has 0 unspecified atom stereocenters. The van der Waals surface area contributed by atoms with Gasteiger partial charge in [0.25, 0.3) is 0 Å². The fraction of sp³-hybridized carbons (Fsp3) is 0.333. The number of carbonyl (C=O) groups excluding carboxylic acids is 2. The van der Waals surface area contributed by atoms with Crippen LogP contribution in [0.15, 0.2) is 54.6 Å². The number of ether oxygens (including phenoxy) is 2. The molecule has 0 bridgehead atoms. The van der Waals surface area contributed by atoms with E-state index in [0.717, 1.165) is 22.8 Å². The van der Waals surface area contributed by atoms with Gasteiger partial charge in [0.15, 0.2) is 0 Å². The van der Waals surface area contributed by atoms with Crippen molar-refractivity contribution in [2.45, 2.75) is 32.1 Å².